The normalized spacial score (nSPS) is 19.3. The summed E-state index contributed by atoms with van der Waals surface area (Å²) in [6.07, 6.45) is -1.80. The first-order valence-electron chi connectivity index (χ1n) is 10.4. The van der Waals surface area contributed by atoms with E-state index in [0.717, 1.165) is 25.0 Å². The summed E-state index contributed by atoms with van der Waals surface area (Å²) in [5, 5.41) is 11.8. The lowest BCUT2D eigenvalue weighted by Gasteiger charge is -2.32. The van der Waals surface area contributed by atoms with Crippen molar-refractivity contribution in [3.05, 3.63) is 58.9 Å². The maximum absolute atomic E-state index is 14.7. The second kappa shape index (κ2) is 11.1. The number of fused-ring (bicyclic) bond motifs is 1. The van der Waals surface area contributed by atoms with E-state index in [2.05, 4.69) is 5.32 Å². The lowest BCUT2D eigenvalue weighted by atomic mass is 9.89. The van der Waals surface area contributed by atoms with Crippen LogP contribution in [-0.4, -0.2) is 30.2 Å². The molecule has 0 unspecified atom stereocenters. The number of halogens is 4. The van der Waals surface area contributed by atoms with Crippen molar-refractivity contribution in [1.29, 1.82) is 5.26 Å². The number of hydrogen-bond acceptors (Lipinski definition) is 3. The Bertz CT molecular complexity index is 1170. The van der Waals surface area contributed by atoms with Crippen LogP contribution in [0.4, 0.5) is 33.7 Å². The third kappa shape index (κ3) is 5.22. The van der Waals surface area contributed by atoms with Crippen LogP contribution in [0.3, 0.4) is 0 Å². The van der Waals surface area contributed by atoms with Crippen LogP contribution in [0.15, 0.2) is 36.4 Å². The predicted molar refractivity (Wildman–Crippen MR) is 140 cm³/mol. The molecule has 2 aliphatic rings. The van der Waals surface area contributed by atoms with E-state index in [-0.39, 0.29) is 55.3 Å². The fraction of sp³-hybridized carbons (Fsp3) is 0.348. The summed E-state index contributed by atoms with van der Waals surface area (Å²) >= 11 is 5.09. The topological polar surface area (TPSA) is 59.4 Å². The molecule has 2 aromatic carbocycles. The summed E-state index contributed by atoms with van der Waals surface area (Å²) in [7, 11) is 1.58. The van der Waals surface area contributed by atoms with Gasteiger partial charge in [0.1, 0.15) is 10.8 Å². The van der Waals surface area contributed by atoms with E-state index in [4.69, 9.17) is 17.5 Å². The van der Waals surface area contributed by atoms with Gasteiger partial charge in [-0.25, -0.2) is 9.18 Å². The number of nitriles is 1. The molecule has 35 heavy (non-hydrogen) atoms. The Morgan fingerprint density at radius 2 is 1.60 bits per heavy atom. The third-order valence-electron chi connectivity index (χ3n) is 6.18. The molecule has 5 nitrogen and oxygen atoms in total. The molecule has 0 bridgehead atoms. The second-order valence-electron chi connectivity index (χ2n) is 8.02. The highest BCUT2D eigenvalue weighted by molar-refractivity contribution is 7.80. The first-order chi connectivity index (χ1) is 15.7. The Hall–Kier alpha value is -2.49. The molecule has 2 amide bonds. The van der Waals surface area contributed by atoms with Crippen LogP contribution in [0.2, 0.25) is 0 Å². The zero-order chi connectivity index (χ0) is 23.9. The highest BCUT2D eigenvalue weighted by atomic mass is 32.1. The monoisotopic (exact) mass is 544 g/mol. The highest BCUT2D eigenvalue weighted by Gasteiger charge is 2.48. The minimum Gasteiger partial charge on any atom is -0.379 e. The lowest BCUT2D eigenvalue weighted by molar-refractivity contribution is -0.137. The van der Waals surface area contributed by atoms with E-state index in [1.165, 1.54) is 28.0 Å². The van der Waals surface area contributed by atoms with Gasteiger partial charge in [0, 0.05) is 24.0 Å². The van der Waals surface area contributed by atoms with Gasteiger partial charge in [0.05, 0.1) is 29.3 Å². The zero-order valence-corrected chi connectivity index (χ0v) is 21.4. The van der Waals surface area contributed by atoms with E-state index in [0.29, 0.717) is 18.5 Å². The van der Waals surface area contributed by atoms with Crippen molar-refractivity contribution in [2.24, 2.45) is 0 Å². The molecule has 1 saturated heterocycles. The number of anilines is 2. The molecule has 12 heteroatoms. The van der Waals surface area contributed by atoms with Gasteiger partial charge in [0.15, 0.2) is 0 Å². The first kappa shape index (κ1) is 28.7. The summed E-state index contributed by atoms with van der Waals surface area (Å²) < 4.78 is 55.3. The molecule has 1 N–H and O–H groups in total. The summed E-state index contributed by atoms with van der Waals surface area (Å²) in [5.41, 5.74) is -1.00. The Morgan fingerprint density at radius 3 is 2.09 bits per heavy atom. The SMILES string of the molecule is CNC(=S)c1ccc(N2C(=O)N(c3ccc(C#N)c(C(F)(F)F)c3)[C@H]3CCCC[C@@H]32)cc1F.S.S. The molecular formula is C23H24F4N4OS3. The van der Waals surface area contributed by atoms with Gasteiger partial charge in [-0.3, -0.25) is 9.80 Å². The van der Waals surface area contributed by atoms with E-state index in [9.17, 15) is 22.4 Å². The molecule has 1 aliphatic heterocycles. The van der Waals surface area contributed by atoms with Crippen molar-refractivity contribution in [3.63, 3.8) is 0 Å². The van der Waals surface area contributed by atoms with Crippen molar-refractivity contribution in [2.45, 2.75) is 43.9 Å². The van der Waals surface area contributed by atoms with Gasteiger partial charge >= 0.3 is 12.2 Å². The molecule has 1 aliphatic carbocycles. The fourth-order valence-corrected chi connectivity index (χ4v) is 4.85. The number of rotatable bonds is 3. The number of nitrogens with zero attached hydrogens (tertiary/aromatic N) is 3. The van der Waals surface area contributed by atoms with Gasteiger partial charge in [-0.05, 0) is 49.2 Å². The van der Waals surface area contributed by atoms with Crippen LogP contribution in [0, 0.1) is 17.1 Å². The van der Waals surface area contributed by atoms with Gasteiger partial charge in [-0.1, -0.05) is 25.1 Å². The number of benzene rings is 2. The summed E-state index contributed by atoms with van der Waals surface area (Å²) in [4.78, 5) is 16.6. The average molecular weight is 545 g/mol. The lowest BCUT2D eigenvalue weighted by Crippen LogP contribution is -2.40. The van der Waals surface area contributed by atoms with Gasteiger partial charge in [0.25, 0.3) is 0 Å². The number of nitrogens with one attached hydrogen (secondary N) is 1. The molecule has 0 spiro atoms. The minimum atomic E-state index is -4.74. The van der Waals surface area contributed by atoms with Crippen molar-refractivity contribution < 1.29 is 22.4 Å². The zero-order valence-electron chi connectivity index (χ0n) is 18.6. The Labute approximate surface area is 220 Å². The molecule has 188 valence electrons. The summed E-state index contributed by atoms with van der Waals surface area (Å²) in [5.74, 6) is -0.594. The van der Waals surface area contributed by atoms with Crippen LogP contribution in [0.1, 0.15) is 42.4 Å². The molecule has 2 aromatic rings. The number of carbonyl (C=O) groups excluding carboxylic acids is 1. The van der Waals surface area contributed by atoms with Gasteiger partial charge in [-0.2, -0.15) is 45.4 Å². The van der Waals surface area contributed by atoms with Crippen molar-refractivity contribution in [2.75, 3.05) is 16.8 Å². The molecule has 0 aromatic heterocycles. The highest BCUT2D eigenvalue weighted by Crippen LogP contribution is 2.42. The number of alkyl halides is 3. The maximum Gasteiger partial charge on any atom is 0.417 e. The fourth-order valence-electron chi connectivity index (χ4n) is 4.68. The number of hydrogen-bond donors (Lipinski definition) is 1. The molecule has 1 saturated carbocycles. The van der Waals surface area contributed by atoms with Crippen molar-refractivity contribution >= 4 is 61.6 Å². The number of thiocarbonyl (C=S) groups is 1. The molecule has 2 atom stereocenters. The maximum atomic E-state index is 14.7. The van der Waals surface area contributed by atoms with Crippen LogP contribution in [0.5, 0.6) is 0 Å². The smallest absolute Gasteiger partial charge is 0.379 e. The Balaban J connectivity index is 0.00000216. The Kier molecular flexibility index (Phi) is 9.08. The number of carbonyl (C=O) groups is 1. The van der Waals surface area contributed by atoms with E-state index >= 15 is 0 Å². The standard InChI is InChI=1S/C23H20F4N4OS.2H2S/c1-29-21(33)16-9-8-15(11-18(16)24)31-20-5-3-2-4-19(20)30(22(31)32)14-7-6-13(12-28)17(10-14)23(25,26)27;;/h6-11,19-20H,2-5H2,1H3,(H,29,33);2*1H2/t19-,20-;;/m0../s1. The quantitative estimate of drug-likeness (QED) is 0.404. The van der Waals surface area contributed by atoms with Crippen LogP contribution < -0.4 is 15.1 Å². The van der Waals surface area contributed by atoms with E-state index < -0.39 is 29.2 Å². The summed E-state index contributed by atoms with van der Waals surface area (Å²) in [6.45, 7) is 0. The molecule has 4 rings (SSSR count). The Morgan fingerprint density at radius 1 is 1.06 bits per heavy atom. The molecule has 0 radical (unpaired) electrons. The van der Waals surface area contributed by atoms with Crippen LogP contribution in [0.25, 0.3) is 0 Å². The first-order valence-corrected chi connectivity index (χ1v) is 10.8. The van der Waals surface area contributed by atoms with Crippen LogP contribution in [-0.2, 0) is 6.18 Å². The van der Waals surface area contributed by atoms with Gasteiger partial charge in [-0.15, -0.1) is 0 Å². The number of urea groups is 1. The molecular weight excluding hydrogens is 520 g/mol. The van der Waals surface area contributed by atoms with Crippen molar-refractivity contribution in [3.8, 4) is 6.07 Å². The minimum absolute atomic E-state index is 0. The second-order valence-corrected chi connectivity index (χ2v) is 8.43. The van der Waals surface area contributed by atoms with Crippen LogP contribution >= 0.6 is 39.2 Å². The van der Waals surface area contributed by atoms with Gasteiger partial charge in [0.2, 0.25) is 0 Å². The van der Waals surface area contributed by atoms with E-state index in [1.54, 1.807) is 19.2 Å². The number of amides is 2. The summed E-state index contributed by atoms with van der Waals surface area (Å²) in [6, 6.07) is 7.96. The van der Waals surface area contributed by atoms with Crippen molar-refractivity contribution in [1.82, 2.24) is 5.32 Å². The third-order valence-corrected chi connectivity index (χ3v) is 6.60. The predicted octanol–water partition coefficient (Wildman–Crippen LogP) is 5.59. The van der Waals surface area contributed by atoms with E-state index in [1.807, 2.05) is 0 Å². The average Bonchev–Trinajstić information content (AvgIpc) is 3.09. The largest absolute Gasteiger partial charge is 0.417 e. The molecule has 1 heterocycles. The van der Waals surface area contributed by atoms with Gasteiger partial charge < -0.3 is 5.32 Å². The molecule has 2 fully saturated rings.